The number of nitrogens with one attached hydrogen (secondary N) is 1. The Morgan fingerprint density at radius 3 is 2.46 bits per heavy atom. The number of aliphatic carboxylic acids is 1. The van der Waals surface area contributed by atoms with Gasteiger partial charge in [0.05, 0.1) is 5.92 Å². The van der Waals surface area contributed by atoms with E-state index in [-0.39, 0.29) is 22.7 Å². The summed E-state index contributed by atoms with van der Waals surface area (Å²) < 4.78 is 0. The number of carbonyl (C=O) groups excluding carboxylic acids is 1. The molecule has 2 fully saturated rings. The fourth-order valence-electron chi connectivity index (χ4n) is 4.28. The Labute approximate surface area is 153 Å². The number of benzene rings is 1. The fraction of sp³-hybridized carbons (Fsp3) is 0.524. The first-order valence-corrected chi connectivity index (χ1v) is 9.35. The van der Waals surface area contributed by atoms with E-state index in [1.54, 1.807) is 0 Å². The molecule has 2 aromatic rings. The second-order valence-corrected chi connectivity index (χ2v) is 8.98. The molecule has 5 nitrogen and oxygen atoms in total. The van der Waals surface area contributed by atoms with E-state index in [1.165, 1.54) is 5.56 Å². The van der Waals surface area contributed by atoms with Crippen LogP contribution in [0, 0.1) is 11.3 Å². The molecule has 0 radical (unpaired) electrons. The van der Waals surface area contributed by atoms with Gasteiger partial charge in [0.1, 0.15) is 5.69 Å². The number of H-pyrrole nitrogens is 1. The number of aromatic nitrogens is 1. The molecule has 1 aromatic carbocycles. The zero-order chi connectivity index (χ0) is 18.7. The van der Waals surface area contributed by atoms with Crippen molar-refractivity contribution in [3.63, 3.8) is 0 Å². The molecule has 1 spiro atoms. The number of amides is 1. The third-order valence-electron chi connectivity index (χ3n) is 6.25. The molecule has 1 saturated heterocycles. The van der Waals surface area contributed by atoms with Crippen LogP contribution in [0.1, 0.15) is 56.1 Å². The number of aromatic amines is 1. The minimum absolute atomic E-state index is 0.0147. The Kier molecular flexibility index (Phi) is 3.69. The van der Waals surface area contributed by atoms with Crippen LogP contribution in [0.4, 0.5) is 0 Å². The lowest BCUT2D eigenvalue weighted by molar-refractivity contribution is -0.139. The molecule has 2 aliphatic rings. The van der Waals surface area contributed by atoms with Crippen molar-refractivity contribution in [2.75, 3.05) is 13.1 Å². The number of rotatable bonds is 2. The van der Waals surface area contributed by atoms with Gasteiger partial charge in [-0.25, -0.2) is 0 Å². The standard InChI is InChI=1S/C21H26N2O3/c1-20(2,3)14-5-4-13-10-17(22-16(13)11-14)18(24)23-8-6-21(7-9-23)12-15(21)19(25)26/h4-5,10-11,15,22H,6-9,12H2,1-3H3,(H,25,26). The van der Waals surface area contributed by atoms with Crippen LogP contribution in [-0.2, 0) is 10.2 Å². The van der Waals surface area contributed by atoms with Gasteiger partial charge in [-0.15, -0.1) is 0 Å². The summed E-state index contributed by atoms with van der Waals surface area (Å²) in [5, 5.41) is 10.2. The summed E-state index contributed by atoms with van der Waals surface area (Å²) >= 11 is 0. The second kappa shape index (κ2) is 5.60. The summed E-state index contributed by atoms with van der Waals surface area (Å²) in [5.74, 6) is -0.875. The molecule has 1 amide bonds. The lowest BCUT2D eigenvalue weighted by Crippen LogP contribution is -2.40. The van der Waals surface area contributed by atoms with E-state index in [9.17, 15) is 14.7 Å². The maximum absolute atomic E-state index is 12.9. The van der Waals surface area contributed by atoms with E-state index in [4.69, 9.17) is 0 Å². The lowest BCUT2D eigenvalue weighted by atomic mass is 9.87. The van der Waals surface area contributed by atoms with Crippen LogP contribution >= 0.6 is 0 Å². The molecule has 0 bridgehead atoms. The van der Waals surface area contributed by atoms with E-state index >= 15 is 0 Å². The van der Waals surface area contributed by atoms with E-state index in [0.29, 0.717) is 18.8 Å². The predicted molar refractivity (Wildman–Crippen MR) is 100 cm³/mol. The van der Waals surface area contributed by atoms with Crippen LogP contribution in [0.2, 0.25) is 0 Å². The predicted octanol–water partition coefficient (Wildman–Crippen LogP) is 3.79. The van der Waals surface area contributed by atoms with Crippen LogP contribution in [0.25, 0.3) is 10.9 Å². The second-order valence-electron chi connectivity index (χ2n) is 8.98. The smallest absolute Gasteiger partial charge is 0.307 e. The van der Waals surface area contributed by atoms with Crippen LogP contribution in [0.3, 0.4) is 0 Å². The molecule has 4 rings (SSSR count). The number of carboxylic acid groups (broad SMARTS) is 1. The maximum atomic E-state index is 12.9. The Bertz CT molecular complexity index is 882. The first-order valence-electron chi connectivity index (χ1n) is 9.35. The highest BCUT2D eigenvalue weighted by molar-refractivity contribution is 5.98. The zero-order valence-electron chi connectivity index (χ0n) is 15.6. The number of likely N-dealkylation sites (tertiary alicyclic amines) is 1. The molecular weight excluding hydrogens is 328 g/mol. The first kappa shape index (κ1) is 17.1. The van der Waals surface area contributed by atoms with Crippen molar-refractivity contribution in [3.8, 4) is 0 Å². The Morgan fingerprint density at radius 2 is 1.88 bits per heavy atom. The van der Waals surface area contributed by atoms with Crippen LogP contribution in [-0.4, -0.2) is 40.0 Å². The molecule has 26 heavy (non-hydrogen) atoms. The number of nitrogens with zero attached hydrogens (tertiary/aromatic N) is 1. The molecule has 2 N–H and O–H groups in total. The molecule has 1 atom stereocenters. The van der Waals surface area contributed by atoms with Gasteiger partial charge in [-0.05, 0) is 47.8 Å². The van der Waals surface area contributed by atoms with E-state index in [2.05, 4.69) is 44.0 Å². The fourth-order valence-corrected chi connectivity index (χ4v) is 4.28. The van der Waals surface area contributed by atoms with E-state index in [1.807, 2.05) is 11.0 Å². The Hall–Kier alpha value is -2.30. The number of hydrogen-bond donors (Lipinski definition) is 2. The number of fused-ring (bicyclic) bond motifs is 1. The molecule has 1 saturated carbocycles. The topological polar surface area (TPSA) is 73.4 Å². The summed E-state index contributed by atoms with van der Waals surface area (Å²) in [6, 6.07) is 8.23. The van der Waals surface area contributed by atoms with Crippen LogP contribution < -0.4 is 0 Å². The SMILES string of the molecule is CC(C)(C)c1ccc2cc(C(=O)N3CCC4(CC3)CC4C(=O)O)[nH]c2c1. The molecule has 1 aliphatic heterocycles. The van der Waals surface area contributed by atoms with Crippen molar-refractivity contribution in [2.24, 2.45) is 11.3 Å². The zero-order valence-corrected chi connectivity index (χ0v) is 15.6. The van der Waals surface area contributed by atoms with Crippen molar-refractivity contribution in [2.45, 2.75) is 45.4 Å². The molecule has 1 unspecified atom stereocenters. The summed E-state index contributed by atoms with van der Waals surface area (Å²) in [6.45, 7) is 7.81. The minimum atomic E-state index is -0.685. The summed E-state index contributed by atoms with van der Waals surface area (Å²) in [7, 11) is 0. The van der Waals surface area contributed by atoms with Crippen molar-refractivity contribution < 1.29 is 14.7 Å². The number of carbonyl (C=O) groups is 2. The third kappa shape index (κ3) is 2.79. The van der Waals surface area contributed by atoms with Gasteiger partial charge >= 0.3 is 5.97 Å². The summed E-state index contributed by atoms with van der Waals surface area (Å²) in [6.07, 6.45) is 2.36. The highest BCUT2D eigenvalue weighted by Crippen LogP contribution is 2.59. The molecule has 1 aliphatic carbocycles. The first-order chi connectivity index (χ1) is 12.2. The van der Waals surface area contributed by atoms with Gasteiger partial charge < -0.3 is 15.0 Å². The number of carboxylic acids is 1. The van der Waals surface area contributed by atoms with Gasteiger partial charge in [-0.3, -0.25) is 9.59 Å². The van der Waals surface area contributed by atoms with E-state index < -0.39 is 5.97 Å². The number of hydrogen-bond acceptors (Lipinski definition) is 2. The Morgan fingerprint density at radius 1 is 1.19 bits per heavy atom. The quantitative estimate of drug-likeness (QED) is 0.862. The average molecular weight is 354 g/mol. The molecule has 1 aromatic heterocycles. The molecule has 2 heterocycles. The minimum Gasteiger partial charge on any atom is -0.481 e. The monoisotopic (exact) mass is 354 g/mol. The van der Waals surface area contributed by atoms with Crippen molar-refractivity contribution in [3.05, 3.63) is 35.5 Å². The van der Waals surface area contributed by atoms with Gasteiger partial charge in [0, 0.05) is 24.0 Å². The third-order valence-corrected chi connectivity index (χ3v) is 6.25. The van der Waals surface area contributed by atoms with Crippen molar-refractivity contribution >= 4 is 22.8 Å². The average Bonchev–Trinajstić information content (AvgIpc) is 3.12. The highest BCUT2D eigenvalue weighted by Gasteiger charge is 2.59. The Balaban J connectivity index is 1.50. The van der Waals surface area contributed by atoms with Crippen LogP contribution in [0.5, 0.6) is 0 Å². The maximum Gasteiger partial charge on any atom is 0.307 e. The molecular formula is C21H26N2O3. The summed E-state index contributed by atoms with van der Waals surface area (Å²) in [4.78, 5) is 29.2. The van der Waals surface area contributed by atoms with Gasteiger partial charge in [-0.2, -0.15) is 0 Å². The van der Waals surface area contributed by atoms with E-state index in [0.717, 1.165) is 30.2 Å². The van der Waals surface area contributed by atoms with Crippen LogP contribution in [0.15, 0.2) is 24.3 Å². The highest BCUT2D eigenvalue weighted by atomic mass is 16.4. The largest absolute Gasteiger partial charge is 0.481 e. The van der Waals surface area contributed by atoms with Gasteiger partial charge in [0.2, 0.25) is 0 Å². The molecule has 5 heteroatoms. The van der Waals surface area contributed by atoms with Crippen molar-refractivity contribution in [1.29, 1.82) is 0 Å². The van der Waals surface area contributed by atoms with Gasteiger partial charge in [0.15, 0.2) is 0 Å². The van der Waals surface area contributed by atoms with Gasteiger partial charge in [-0.1, -0.05) is 32.9 Å². The lowest BCUT2D eigenvalue weighted by Gasteiger charge is -2.32. The normalized spacial score (nSPS) is 22.0. The van der Waals surface area contributed by atoms with Crippen molar-refractivity contribution in [1.82, 2.24) is 9.88 Å². The number of piperidine rings is 1. The molecule has 138 valence electrons. The summed E-state index contributed by atoms with van der Waals surface area (Å²) in [5.41, 5.74) is 2.86. The van der Waals surface area contributed by atoms with Gasteiger partial charge in [0.25, 0.3) is 5.91 Å².